The molecule has 1 N–H and O–H groups in total. The maximum Gasteiger partial charge on any atom is 0.417 e. The Bertz CT molecular complexity index is 232. The van der Waals surface area contributed by atoms with Crippen LogP contribution in [-0.4, -0.2) is 35.7 Å². The molecule has 0 radical (unpaired) electrons. The molecule has 1 saturated heterocycles. The van der Waals surface area contributed by atoms with Crippen molar-refractivity contribution in [2.24, 2.45) is 0 Å². The summed E-state index contributed by atoms with van der Waals surface area (Å²) >= 11 is 0. The van der Waals surface area contributed by atoms with Crippen molar-refractivity contribution in [3.8, 4) is 0 Å². The number of rotatable bonds is 2. The van der Waals surface area contributed by atoms with Gasteiger partial charge < -0.3 is 14.6 Å². The summed E-state index contributed by atoms with van der Waals surface area (Å²) in [5.41, 5.74) is 0. The third kappa shape index (κ3) is 1.94. The van der Waals surface area contributed by atoms with Crippen LogP contribution in [0.5, 0.6) is 0 Å². The fourth-order valence-electron chi connectivity index (χ4n) is 0.756. The monoisotopic (exact) mass is 174 g/mol. The molecule has 1 fully saturated rings. The van der Waals surface area contributed by atoms with Gasteiger partial charge in [0.2, 0.25) is 0 Å². The molecule has 0 bridgehead atoms. The first-order valence-electron chi connectivity index (χ1n) is 3.19. The molecule has 1 atom stereocenters. The number of carboxylic acids is 1. The van der Waals surface area contributed by atoms with Crippen LogP contribution in [0.1, 0.15) is 6.42 Å². The third-order valence-corrected chi connectivity index (χ3v) is 1.24. The standard InChI is InChI=1S/C6H6O6/c7-4(8)1-3-2-11-5(9)6(10)12-3/h3H,1-2H2,(H,7,8). The van der Waals surface area contributed by atoms with E-state index in [0.29, 0.717) is 0 Å². The number of aliphatic carboxylic acids is 1. The number of hydrogen-bond acceptors (Lipinski definition) is 5. The summed E-state index contributed by atoms with van der Waals surface area (Å²) in [6.07, 6.45) is -1.20. The molecule has 0 aromatic heterocycles. The van der Waals surface area contributed by atoms with Gasteiger partial charge >= 0.3 is 17.9 Å². The molecular weight excluding hydrogens is 168 g/mol. The Labute approximate surface area is 67.1 Å². The molecule has 0 amide bonds. The smallest absolute Gasteiger partial charge is 0.417 e. The predicted octanol–water partition coefficient (Wildman–Crippen LogP) is -1.07. The molecule has 1 unspecified atom stereocenters. The Hall–Kier alpha value is -1.59. The zero-order chi connectivity index (χ0) is 9.14. The molecule has 1 aliphatic rings. The van der Waals surface area contributed by atoms with Gasteiger partial charge in [0.05, 0.1) is 6.42 Å². The lowest BCUT2D eigenvalue weighted by atomic mass is 10.2. The highest BCUT2D eigenvalue weighted by Crippen LogP contribution is 2.06. The highest BCUT2D eigenvalue weighted by molar-refractivity contribution is 6.30. The van der Waals surface area contributed by atoms with E-state index in [0.717, 1.165) is 0 Å². The molecule has 66 valence electrons. The molecule has 0 aliphatic carbocycles. The van der Waals surface area contributed by atoms with Gasteiger partial charge in [-0.3, -0.25) is 4.79 Å². The molecule has 6 heteroatoms. The van der Waals surface area contributed by atoms with Gasteiger partial charge in [-0.1, -0.05) is 0 Å². The van der Waals surface area contributed by atoms with Crippen LogP contribution in [0.4, 0.5) is 0 Å². The normalized spacial score (nSPS) is 22.8. The maximum atomic E-state index is 10.5. The summed E-state index contributed by atoms with van der Waals surface area (Å²) in [6, 6.07) is 0. The number of esters is 2. The van der Waals surface area contributed by atoms with Gasteiger partial charge in [0.15, 0.2) is 0 Å². The van der Waals surface area contributed by atoms with Crippen molar-refractivity contribution < 1.29 is 29.0 Å². The van der Waals surface area contributed by atoms with Crippen LogP contribution in [0, 0.1) is 0 Å². The SMILES string of the molecule is O=C(O)CC1COC(=O)C(=O)O1. The lowest BCUT2D eigenvalue weighted by Crippen LogP contribution is -2.37. The van der Waals surface area contributed by atoms with Gasteiger partial charge in [0.25, 0.3) is 0 Å². The van der Waals surface area contributed by atoms with Crippen molar-refractivity contribution in [1.82, 2.24) is 0 Å². The molecule has 1 heterocycles. The largest absolute Gasteiger partial charge is 0.481 e. The highest BCUT2D eigenvalue weighted by atomic mass is 16.6. The molecule has 1 aliphatic heterocycles. The highest BCUT2D eigenvalue weighted by Gasteiger charge is 2.30. The van der Waals surface area contributed by atoms with E-state index in [9.17, 15) is 14.4 Å². The van der Waals surface area contributed by atoms with E-state index in [1.807, 2.05) is 0 Å². The van der Waals surface area contributed by atoms with Crippen molar-refractivity contribution in [1.29, 1.82) is 0 Å². The molecule has 6 nitrogen and oxygen atoms in total. The molecule has 0 spiro atoms. The van der Waals surface area contributed by atoms with Crippen LogP contribution in [0.2, 0.25) is 0 Å². The van der Waals surface area contributed by atoms with Crippen LogP contribution < -0.4 is 0 Å². The molecular formula is C6H6O6. The summed E-state index contributed by atoms with van der Waals surface area (Å²) in [6.45, 7) is -0.184. The van der Waals surface area contributed by atoms with Crippen molar-refractivity contribution in [2.75, 3.05) is 6.61 Å². The van der Waals surface area contributed by atoms with E-state index in [2.05, 4.69) is 9.47 Å². The van der Waals surface area contributed by atoms with E-state index in [4.69, 9.17) is 5.11 Å². The Kier molecular flexibility index (Phi) is 2.27. The average molecular weight is 174 g/mol. The second kappa shape index (κ2) is 3.21. The number of carboxylic acid groups (broad SMARTS) is 1. The van der Waals surface area contributed by atoms with Gasteiger partial charge in [-0.15, -0.1) is 0 Å². The third-order valence-electron chi connectivity index (χ3n) is 1.24. The quantitative estimate of drug-likeness (QED) is 0.423. The van der Waals surface area contributed by atoms with Crippen molar-refractivity contribution in [3.63, 3.8) is 0 Å². The molecule has 0 aromatic rings. The van der Waals surface area contributed by atoms with Crippen LogP contribution in [-0.2, 0) is 23.9 Å². The van der Waals surface area contributed by atoms with E-state index < -0.39 is 24.0 Å². The first-order valence-corrected chi connectivity index (χ1v) is 3.19. The summed E-state index contributed by atoms with van der Waals surface area (Å²) in [5, 5.41) is 8.29. The summed E-state index contributed by atoms with van der Waals surface area (Å²) in [5.74, 6) is -3.31. The number of carbonyl (C=O) groups excluding carboxylic acids is 2. The molecule has 0 aromatic carbocycles. The van der Waals surface area contributed by atoms with E-state index in [1.165, 1.54) is 0 Å². The van der Waals surface area contributed by atoms with Crippen LogP contribution >= 0.6 is 0 Å². The summed E-state index contributed by atoms with van der Waals surface area (Å²) < 4.78 is 8.74. The second-order valence-corrected chi connectivity index (χ2v) is 2.22. The fourth-order valence-corrected chi connectivity index (χ4v) is 0.756. The van der Waals surface area contributed by atoms with Crippen LogP contribution in [0.15, 0.2) is 0 Å². The van der Waals surface area contributed by atoms with Crippen molar-refractivity contribution in [3.05, 3.63) is 0 Å². The van der Waals surface area contributed by atoms with Gasteiger partial charge in [-0.25, -0.2) is 9.59 Å². The van der Waals surface area contributed by atoms with Crippen molar-refractivity contribution in [2.45, 2.75) is 12.5 Å². The maximum absolute atomic E-state index is 10.5. The minimum Gasteiger partial charge on any atom is -0.481 e. The number of hydrogen-bond donors (Lipinski definition) is 1. The average Bonchev–Trinajstić information content (AvgIpc) is 1.96. The zero-order valence-electron chi connectivity index (χ0n) is 5.98. The first-order chi connectivity index (χ1) is 5.59. The van der Waals surface area contributed by atoms with Gasteiger partial charge in [0.1, 0.15) is 12.7 Å². The molecule has 12 heavy (non-hydrogen) atoms. The minimum atomic E-state index is -1.13. The molecule has 1 rings (SSSR count). The van der Waals surface area contributed by atoms with Crippen LogP contribution in [0.25, 0.3) is 0 Å². The van der Waals surface area contributed by atoms with E-state index >= 15 is 0 Å². The van der Waals surface area contributed by atoms with Crippen LogP contribution in [0.3, 0.4) is 0 Å². The van der Waals surface area contributed by atoms with Gasteiger partial charge in [-0.05, 0) is 0 Å². The Balaban J connectivity index is 2.45. The fraction of sp³-hybridized carbons (Fsp3) is 0.500. The minimum absolute atomic E-state index is 0.184. The lowest BCUT2D eigenvalue weighted by Gasteiger charge is -2.19. The summed E-state index contributed by atoms with van der Waals surface area (Å²) in [4.78, 5) is 31.0. The number of carbonyl (C=O) groups is 3. The van der Waals surface area contributed by atoms with Gasteiger partial charge in [-0.2, -0.15) is 0 Å². The predicted molar refractivity (Wildman–Crippen MR) is 33.1 cm³/mol. The van der Waals surface area contributed by atoms with E-state index in [1.54, 1.807) is 0 Å². The molecule has 0 saturated carbocycles. The summed E-state index contributed by atoms with van der Waals surface area (Å²) in [7, 11) is 0. The number of ether oxygens (including phenoxy) is 2. The first kappa shape index (κ1) is 8.51. The Morgan fingerprint density at radius 2 is 2.17 bits per heavy atom. The van der Waals surface area contributed by atoms with E-state index in [-0.39, 0.29) is 13.0 Å². The van der Waals surface area contributed by atoms with Crippen molar-refractivity contribution >= 4 is 17.9 Å². The topological polar surface area (TPSA) is 89.9 Å². The zero-order valence-corrected chi connectivity index (χ0v) is 5.98. The Morgan fingerprint density at radius 3 is 2.67 bits per heavy atom. The Morgan fingerprint density at radius 1 is 1.50 bits per heavy atom. The second-order valence-electron chi connectivity index (χ2n) is 2.22. The van der Waals surface area contributed by atoms with Gasteiger partial charge in [0, 0.05) is 0 Å². The lowest BCUT2D eigenvalue weighted by molar-refractivity contribution is -0.186. The number of cyclic esters (lactones) is 2.